The van der Waals surface area contributed by atoms with Gasteiger partial charge in [-0.3, -0.25) is 9.71 Å². The van der Waals surface area contributed by atoms with Crippen LogP contribution in [0.2, 0.25) is 0 Å². The molecule has 2 aromatic carbocycles. The maximum absolute atomic E-state index is 12.6. The van der Waals surface area contributed by atoms with Crippen LogP contribution in [-0.2, 0) is 10.0 Å². The van der Waals surface area contributed by atoms with E-state index in [1.165, 1.54) is 0 Å². The number of fused-ring (bicyclic) bond motifs is 1. The number of aromatic nitrogens is 2. The van der Waals surface area contributed by atoms with Gasteiger partial charge in [0.1, 0.15) is 0 Å². The molecule has 2 aromatic heterocycles. The topological polar surface area (TPSA) is 72.0 Å². The molecule has 0 atom stereocenters. The fraction of sp³-hybridized carbons (Fsp3) is 0. The van der Waals surface area contributed by atoms with Gasteiger partial charge in [0, 0.05) is 11.6 Å². The smallest absolute Gasteiger partial charge is 0.261 e. The predicted octanol–water partition coefficient (Wildman–Crippen LogP) is 4.10. The van der Waals surface area contributed by atoms with Gasteiger partial charge in [-0.2, -0.15) is 0 Å². The van der Waals surface area contributed by atoms with Crippen molar-refractivity contribution in [2.24, 2.45) is 0 Å². The van der Waals surface area contributed by atoms with Gasteiger partial charge in [-0.05, 0) is 36.4 Å². The SMILES string of the molecule is O=S(=O)(Nc1cccc2ccc(-c3ccccn3)nc12)c1ccccc1. The second kappa shape index (κ2) is 6.57. The van der Waals surface area contributed by atoms with Crippen molar-refractivity contribution < 1.29 is 8.42 Å². The number of nitrogens with zero attached hydrogens (tertiary/aromatic N) is 2. The molecule has 0 saturated heterocycles. The van der Waals surface area contributed by atoms with Crippen LogP contribution in [0.15, 0.2) is 90.0 Å². The molecule has 0 unspecified atom stereocenters. The summed E-state index contributed by atoms with van der Waals surface area (Å²) in [5.74, 6) is 0. The zero-order valence-electron chi connectivity index (χ0n) is 13.7. The lowest BCUT2D eigenvalue weighted by molar-refractivity contribution is 0.601. The number of benzene rings is 2. The Balaban J connectivity index is 1.80. The van der Waals surface area contributed by atoms with Crippen LogP contribution in [-0.4, -0.2) is 18.4 Å². The number of sulfonamides is 1. The lowest BCUT2D eigenvalue weighted by atomic mass is 10.1. The molecule has 4 aromatic rings. The maximum atomic E-state index is 12.6. The number of para-hydroxylation sites is 1. The minimum atomic E-state index is -3.69. The Kier molecular flexibility index (Phi) is 4.10. The van der Waals surface area contributed by atoms with Crippen LogP contribution in [0.4, 0.5) is 5.69 Å². The van der Waals surface area contributed by atoms with E-state index < -0.39 is 10.0 Å². The molecule has 0 aliphatic rings. The molecule has 6 heteroatoms. The molecular weight excluding hydrogens is 346 g/mol. The van der Waals surface area contributed by atoms with Gasteiger partial charge in [0.05, 0.1) is 27.5 Å². The van der Waals surface area contributed by atoms with Crippen LogP contribution in [0, 0.1) is 0 Å². The summed E-state index contributed by atoms with van der Waals surface area (Å²) in [6.07, 6.45) is 1.70. The van der Waals surface area contributed by atoms with Crippen molar-refractivity contribution in [2.75, 3.05) is 4.72 Å². The molecule has 0 spiro atoms. The summed E-state index contributed by atoms with van der Waals surface area (Å²) in [5, 5.41) is 0.845. The largest absolute Gasteiger partial charge is 0.277 e. The molecule has 0 fully saturated rings. The molecule has 0 amide bonds. The van der Waals surface area contributed by atoms with E-state index in [9.17, 15) is 8.42 Å². The van der Waals surface area contributed by atoms with Crippen LogP contribution in [0.5, 0.6) is 0 Å². The van der Waals surface area contributed by atoms with Gasteiger partial charge in [-0.25, -0.2) is 13.4 Å². The van der Waals surface area contributed by atoms with E-state index >= 15 is 0 Å². The summed E-state index contributed by atoms with van der Waals surface area (Å²) >= 11 is 0. The molecule has 128 valence electrons. The number of hydrogen-bond donors (Lipinski definition) is 1. The van der Waals surface area contributed by atoms with Crippen LogP contribution >= 0.6 is 0 Å². The molecule has 0 saturated carbocycles. The average Bonchev–Trinajstić information content (AvgIpc) is 2.69. The van der Waals surface area contributed by atoms with Crippen LogP contribution in [0.1, 0.15) is 0 Å². The van der Waals surface area contributed by atoms with E-state index in [0.29, 0.717) is 16.9 Å². The lowest BCUT2D eigenvalue weighted by Gasteiger charge is -2.11. The van der Waals surface area contributed by atoms with E-state index in [1.807, 2.05) is 36.4 Å². The standard InChI is InChI=1S/C20H15N3O2S/c24-26(25,16-8-2-1-3-9-16)23-19-11-6-7-15-12-13-18(22-20(15)19)17-10-4-5-14-21-17/h1-14,23H. The Labute approximate surface area is 151 Å². The van der Waals surface area contributed by atoms with Gasteiger partial charge in [-0.15, -0.1) is 0 Å². The van der Waals surface area contributed by atoms with Crippen molar-refractivity contribution in [1.29, 1.82) is 0 Å². The third-order valence-corrected chi connectivity index (χ3v) is 5.33. The van der Waals surface area contributed by atoms with Crippen molar-refractivity contribution in [3.05, 3.63) is 85.1 Å². The molecule has 26 heavy (non-hydrogen) atoms. The number of hydrogen-bond acceptors (Lipinski definition) is 4. The first-order valence-electron chi connectivity index (χ1n) is 8.02. The monoisotopic (exact) mass is 361 g/mol. The van der Waals surface area contributed by atoms with E-state index in [-0.39, 0.29) is 4.90 Å². The van der Waals surface area contributed by atoms with E-state index in [1.54, 1.807) is 48.7 Å². The molecular formula is C20H15N3O2S. The van der Waals surface area contributed by atoms with Crippen LogP contribution in [0.3, 0.4) is 0 Å². The zero-order valence-corrected chi connectivity index (χ0v) is 14.5. The van der Waals surface area contributed by atoms with Gasteiger partial charge < -0.3 is 0 Å². The molecule has 0 radical (unpaired) electrons. The summed E-state index contributed by atoms with van der Waals surface area (Å²) in [6, 6.07) is 23.0. The third kappa shape index (κ3) is 3.14. The van der Waals surface area contributed by atoms with Crippen molar-refractivity contribution in [3.63, 3.8) is 0 Å². The van der Waals surface area contributed by atoms with E-state index in [4.69, 9.17) is 0 Å². The third-order valence-electron chi connectivity index (χ3n) is 3.95. The quantitative estimate of drug-likeness (QED) is 0.594. The minimum absolute atomic E-state index is 0.206. The number of nitrogens with one attached hydrogen (secondary N) is 1. The van der Waals surface area contributed by atoms with Crippen molar-refractivity contribution >= 4 is 26.6 Å². The zero-order chi connectivity index (χ0) is 18.0. The summed E-state index contributed by atoms with van der Waals surface area (Å²) in [6.45, 7) is 0. The summed E-state index contributed by atoms with van der Waals surface area (Å²) in [5.41, 5.74) is 2.43. The lowest BCUT2D eigenvalue weighted by Crippen LogP contribution is -2.13. The van der Waals surface area contributed by atoms with E-state index in [0.717, 1.165) is 11.1 Å². The normalized spacial score (nSPS) is 11.4. The Hall–Kier alpha value is -3.25. The summed E-state index contributed by atoms with van der Waals surface area (Å²) in [7, 11) is -3.69. The Morgan fingerprint density at radius 2 is 1.54 bits per heavy atom. The maximum Gasteiger partial charge on any atom is 0.261 e. The van der Waals surface area contributed by atoms with E-state index in [2.05, 4.69) is 14.7 Å². The molecule has 0 aliphatic heterocycles. The van der Waals surface area contributed by atoms with Crippen LogP contribution in [0.25, 0.3) is 22.3 Å². The van der Waals surface area contributed by atoms with Gasteiger partial charge in [0.25, 0.3) is 10.0 Å². The Bertz CT molecular complexity index is 1160. The number of pyridine rings is 2. The first-order valence-corrected chi connectivity index (χ1v) is 9.51. The second-order valence-electron chi connectivity index (χ2n) is 5.71. The fourth-order valence-corrected chi connectivity index (χ4v) is 3.78. The highest BCUT2D eigenvalue weighted by atomic mass is 32.2. The number of rotatable bonds is 4. The predicted molar refractivity (Wildman–Crippen MR) is 102 cm³/mol. The first kappa shape index (κ1) is 16.2. The average molecular weight is 361 g/mol. The first-order chi connectivity index (χ1) is 12.6. The number of anilines is 1. The van der Waals surface area contributed by atoms with Crippen molar-refractivity contribution in [1.82, 2.24) is 9.97 Å². The molecule has 5 nitrogen and oxygen atoms in total. The van der Waals surface area contributed by atoms with Gasteiger partial charge >= 0.3 is 0 Å². The molecule has 0 bridgehead atoms. The van der Waals surface area contributed by atoms with Crippen LogP contribution < -0.4 is 4.72 Å². The van der Waals surface area contributed by atoms with Crippen molar-refractivity contribution in [3.8, 4) is 11.4 Å². The highest BCUT2D eigenvalue weighted by Gasteiger charge is 2.16. The van der Waals surface area contributed by atoms with Gasteiger partial charge in [0.2, 0.25) is 0 Å². The molecule has 2 heterocycles. The summed E-state index contributed by atoms with van der Waals surface area (Å²) in [4.78, 5) is 9.15. The fourth-order valence-electron chi connectivity index (χ4n) is 2.69. The Morgan fingerprint density at radius 1 is 0.731 bits per heavy atom. The van der Waals surface area contributed by atoms with Gasteiger partial charge in [0.15, 0.2) is 0 Å². The second-order valence-corrected chi connectivity index (χ2v) is 7.39. The molecule has 0 aliphatic carbocycles. The van der Waals surface area contributed by atoms with Crippen molar-refractivity contribution in [2.45, 2.75) is 4.90 Å². The molecule has 1 N–H and O–H groups in total. The van der Waals surface area contributed by atoms with Gasteiger partial charge in [-0.1, -0.05) is 42.5 Å². The summed E-state index contributed by atoms with van der Waals surface area (Å²) < 4.78 is 27.9. The Morgan fingerprint density at radius 3 is 2.31 bits per heavy atom. The molecule has 4 rings (SSSR count). The minimum Gasteiger partial charge on any atom is -0.277 e. The highest BCUT2D eigenvalue weighted by molar-refractivity contribution is 7.92. The highest BCUT2D eigenvalue weighted by Crippen LogP contribution is 2.27.